The summed E-state index contributed by atoms with van der Waals surface area (Å²) < 4.78 is 53.1. The lowest BCUT2D eigenvalue weighted by Crippen LogP contribution is -2.34. The first kappa shape index (κ1) is 14.0. The predicted molar refractivity (Wildman–Crippen MR) is 52.1 cm³/mol. The van der Waals surface area contributed by atoms with Crippen LogP contribution in [0.4, 0.5) is 23.2 Å². The van der Waals surface area contributed by atoms with Crippen molar-refractivity contribution in [1.82, 2.24) is 4.98 Å². The predicted octanol–water partition coefficient (Wildman–Crippen LogP) is 1.64. The fraction of sp³-hybridized carbons (Fsp3) is 0.333. The van der Waals surface area contributed by atoms with E-state index < -0.39 is 36.5 Å². The smallest absolute Gasteiger partial charge is 0.354 e. The van der Waals surface area contributed by atoms with Crippen molar-refractivity contribution in [3.05, 3.63) is 17.8 Å². The summed E-state index contributed by atoms with van der Waals surface area (Å²) in [5.74, 6) is -6.43. The Kier molecular flexibility index (Phi) is 3.94. The molecule has 0 aromatic carbocycles. The number of nitrogen functional groups attached to an aromatic ring is 1. The minimum Gasteiger partial charge on any atom is -0.477 e. The van der Waals surface area contributed by atoms with Gasteiger partial charge in [-0.05, 0) is 12.1 Å². The average Bonchev–Trinajstić information content (AvgIpc) is 2.27. The molecule has 9 heteroatoms. The molecular formula is C9H8F4N2O3. The highest BCUT2D eigenvalue weighted by molar-refractivity contribution is 5.86. The molecule has 0 saturated carbocycles. The summed E-state index contributed by atoms with van der Waals surface area (Å²) in [4.78, 5) is 13.9. The van der Waals surface area contributed by atoms with Gasteiger partial charge in [0.15, 0.2) is 12.3 Å². The molecule has 0 saturated heterocycles. The third-order valence-corrected chi connectivity index (χ3v) is 1.83. The number of carbonyl (C=O) groups is 1. The zero-order valence-electron chi connectivity index (χ0n) is 8.74. The van der Waals surface area contributed by atoms with Crippen LogP contribution in [0.25, 0.3) is 0 Å². The number of alkyl halides is 4. The molecule has 3 N–H and O–H groups in total. The molecule has 0 fully saturated rings. The topological polar surface area (TPSA) is 85.4 Å². The van der Waals surface area contributed by atoms with Crippen molar-refractivity contribution >= 4 is 11.7 Å². The Labute approximate surface area is 98.2 Å². The number of aromatic carboxylic acids is 1. The monoisotopic (exact) mass is 268 g/mol. The number of carboxylic acids is 1. The number of nitrogens with two attached hydrogens (primary N) is 1. The summed E-state index contributed by atoms with van der Waals surface area (Å²) in [7, 11) is 0. The van der Waals surface area contributed by atoms with Gasteiger partial charge in [0.25, 0.3) is 0 Å². The van der Waals surface area contributed by atoms with Gasteiger partial charge < -0.3 is 15.6 Å². The zero-order valence-corrected chi connectivity index (χ0v) is 8.74. The van der Waals surface area contributed by atoms with Crippen LogP contribution in [0.5, 0.6) is 5.88 Å². The third-order valence-electron chi connectivity index (χ3n) is 1.83. The molecule has 5 nitrogen and oxygen atoms in total. The molecule has 1 heterocycles. The van der Waals surface area contributed by atoms with Gasteiger partial charge in [0, 0.05) is 0 Å². The van der Waals surface area contributed by atoms with Gasteiger partial charge in [-0.3, -0.25) is 0 Å². The van der Waals surface area contributed by atoms with Crippen LogP contribution in [0.1, 0.15) is 10.5 Å². The van der Waals surface area contributed by atoms with Crippen LogP contribution in [0.15, 0.2) is 12.1 Å². The quantitative estimate of drug-likeness (QED) is 0.793. The summed E-state index contributed by atoms with van der Waals surface area (Å²) in [6.45, 7) is -1.65. The average molecular weight is 268 g/mol. The van der Waals surface area contributed by atoms with E-state index in [0.29, 0.717) is 0 Å². The Morgan fingerprint density at radius 1 is 1.50 bits per heavy atom. The molecule has 0 aliphatic carbocycles. The number of carboxylic acid groups (broad SMARTS) is 1. The molecule has 1 aromatic rings. The molecule has 1 rings (SSSR count). The van der Waals surface area contributed by atoms with Crippen molar-refractivity contribution in [2.45, 2.75) is 12.3 Å². The van der Waals surface area contributed by atoms with E-state index in [2.05, 4.69) is 9.72 Å². The number of hydrogen-bond acceptors (Lipinski definition) is 4. The highest BCUT2D eigenvalue weighted by atomic mass is 19.3. The summed E-state index contributed by atoms with van der Waals surface area (Å²) >= 11 is 0. The number of hydrogen-bond donors (Lipinski definition) is 2. The normalized spacial score (nSPS) is 11.6. The first-order valence-corrected chi connectivity index (χ1v) is 4.52. The Balaban J connectivity index is 2.85. The van der Waals surface area contributed by atoms with Gasteiger partial charge in [-0.2, -0.15) is 8.78 Å². The van der Waals surface area contributed by atoms with Crippen LogP contribution in [0.2, 0.25) is 0 Å². The van der Waals surface area contributed by atoms with E-state index in [1.807, 2.05) is 0 Å². The highest BCUT2D eigenvalue weighted by Gasteiger charge is 2.42. The molecule has 0 unspecified atom stereocenters. The molecule has 0 amide bonds. The lowest BCUT2D eigenvalue weighted by atomic mass is 10.3. The maximum absolute atomic E-state index is 12.6. The molecule has 18 heavy (non-hydrogen) atoms. The number of ether oxygens (including phenoxy) is 1. The van der Waals surface area contributed by atoms with Crippen LogP contribution in [-0.2, 0) is 0 Å². The molecule has 0 aliphatic rings. The third kappa shape index (κ3) is 3.22. The van der Waals surface area contributed by atoms with Crippen LogP contribution in [-0.4, -0.2) is 35.0 Å². The summed E-state index contributed by atoms with van der Waals surface area (Å²) in [5, 5.41) is 8.59. The van der Waals surface area contributed by atoms with Crippen molar-refractivity contribution in [2.24, 2.45) is 0 Å². The van der Waals surface area contributed by atoms with Crippen molar-refractivity contribution in [3.63, 3.8) is 0 Å². The van der Waals surface area contributed by atoms with Gasteiger partial charge in [0.1, 0.15) is 0 Å². The Bertz CT molecular complexity index is 453. The van der Waals surface area contributed by atoms with Gasteiger partial charge in [-0.25, -0.2) is 18.6 Å². The Morgan fingerprint density at radius 2 is 2.11 bits per heavy atom. The first-order chi connectivity index (χ1) is 8.24. The van der Waals surface area contributed by atoms with E-state index in [9.17, 15) is 22.4 Å². The van der Waals surface area contributed by atoms with Crippen LogP contribution in [0.3, 0.4) is 0 Å². The Morgan fingerprint density at radius 3 is 2.61 bits per heavy atom. The molecule has 1 aromatic heterocycles. The number of halogens is 4. The number of aromatic nitrogens is 1. The van der Waals surface area contributed by atoms with Crippen LogP contribution >= 0.6 is 0 Å². The Hall–Kier alpha value is -2.06. The standard InChI is InChI=1S/C9H8F4N2O3/c10-8(11)9(12,13)3-18-6-4(14)1-2-5(15-6)7(16)17/h1-2,8H,3,14H2,(H,16,17). The molecule has 100 valence electrons. The second-order valence-electron chi connectivity index (χ2n) is 3.25. The number of anilines is 1. The van der Waals surface area contributed by atoms with Crippen molar-refractivity contribution < 1.29 is 32.2 Å². The van der Waals surface area contributed by atoms with Gasteiger partial charge in [-0.15, -0.1) is 0 Å². The van der Waals surface area contributed by atoms with Crippen molar-refractivity contribution in [3.8, 4) is 5.88 Å². The maximum atomic E-state index is 12.6. The van der Waals surface area contributed by atoms with Gasteiger partial charge in [-0.1, -0.05) is 0 Å². The van der Waals surface area contributed by atoms with Crippen LogP contribution in [0, 0.1) is 0 Å². The first-order valence-electron chi connectivity index (χ1n) is 4.52. The minimum absolute atomic E-state index is 0.231. The van der Waals surface area contributed by atoms with Crippen LogP contribution < -0.4 is 10.5 Å². The van der Waals surface area contributed by atoms with E-state index in [0.717, 1.165) is 12.1 Å². The largest absolute Gasteiger partial charge is 0.477 e. The molecule has 0 aliphatic heterocycles. The van der Waals surface area contributed by atoms with Crippen molar-refractivity contribution in [1.29, 1.82) is 0 Å². The summed E-state index contributed by atoms with van der Waals surface area (Å²) in [6.07, 6.45) is -3.90. The van der Waals surface area contributed by atoms with Gasteiger partial charge in [0.05, 0.1) is 5.69 Å². The lowest BCUT2D eigenvalue weighted by molar-refractivity contribution is -0.148. The number of nitrogens with zero attached hydrogens (tertiary/aromatic N) is 1. The maximum Gasteiger partial charge on any atom is 0.354 e. The van der Waals surface area contributed by atoms with Crippen molar-refractivity contribution in [2.75, 3.05) is 12.3 Å². The molecular weight excluding hydrogens is 260 g/mol. The zero-order chi connectivity index (χ0) is 13.9. The van der Waals surface area contributed by atoms with E-state index in [-0.39, 0.29) is 5.69 Å². The van der Waals surface area contributed by atoms with E-state index in [4.69, 9.17) is 10.8 Å². The fourth-order valence-corrected chi connectivity index (χ4v) is 0.914. The van der Waals surface area contributed by atoms with Gasteiger partial charge >= 0.3 is 18.3 Å². The lowest BCUT2D eigenvalue weighted by Gasteiger charge is -2.16. The van der Waals surface area contributed by atoms with E-state index in [1.165, 1.54) is 0 Å². The second-order valence-corrected chi connectivity index (χ2v) is 3.25. The van der Waals surface area contributed by atoms with E-state index >= 15 is 0 Å². The highest BCUT2D eigenvalue weighted by Crippen LogP contribution is 2.26. The minimum atomic E-state index is -4.37. The second kappa shape index (κ2) is 5.07. The van der Waals surface area contributed by atoms with E-state index in [1.54, 1.807) is 0 Å². The summed E-state index contributed by atoms with van der Waals surface area (Å²) in [5.41, 5.74) is 4.55. The molecule has 0 radical (unpaired) electrons. The SMILES string of the molecule is Nc1ccc(C(=O)O)nc1OCC(F)(F)C(F)F. The number of pyridine rings is 1. The van der Waals surface area contributed by atoms with Gasteiger partial charge in [0.2, 0.25) is 5.88 Å². The molecule has 0 bridgehead atoms. The molecule has 0 atom stereocenters. The fourth-order valence-electron chi connectivity index (χ4n) is 0.914. The molecule has 0 spiro atoms. The number of rotatable bonds is 5. The summed E-state index contributed by atoms with van der Waals surface area (Å²) in [6, 6.07) is 2.09.